The molecule has 11 heavy (non-hydrogen) atoms. The summed E-state index contributed by atoms with van der Waals surface area (Å²) in [6.07, 6.45) is 0. The first-order valence-corrected chi connectivity index (χ1v) is 5.10. The van der Waals surface area contributed by atoms with Crippen LogP contribution < -0.4 is 5.32 Å². The van der Waals surface area contributed by atoms with E-state index in [1.54, 1.807) is 0 Å². The maximum absolute atomic E-state index is 3.49. The summed E-state index contributed by atoms with van der Waals surface area (Å²) < 4.78 is 0. The molecule has 3 heteroatoms. The van der Waals surface area contributed by atoms with Gasteiger partial charge in [-0.25, -0.2) is 0 Å². The third-order valence-electron chi connectivity index (χ3n) is 3.33. The molecule has 0 radical (unpaired) electrons. The minimum atomic E-state index is 0. The Morgan fingerprint density at radius 2 is 1.55 bits per heavy atom. The molecular weight excluding hydrogens is 178 g/mol. The summed E-state index contributed by atoms with van der Waals surface area (Å²) in [4.78, 5) is 0. The molecule has 0 bridgehead atoms. The van der Waals surface area contributed by atoms with Gasteiger partial charge in [0.05, 0.1) is 0 Å². The number of rotatable bonds is 0. The van der Waals surface area contributed by atoms with E-state index in [9.17, 15) is 0 Å². The van der Waals surface area contributed by atoms with Crippen LogP contribution in [0, 0.1) is 10.8 Å². The fourth-order valence-electron chi connectivity index (χ4n) is 1.99. The second-order valence-electron chi connectivity index (χ2n) is 4.22. The van der Waals surface area contributed by atoms with Crippen molar-refractivity contribution in [1.82, 2.24) is 5.32 Å². The van der Waals surface area contributed by atoms with Gasteiger partial charge in [-0.3, -0.25) is 0 Å². The van der Waals surface area contributed by atoms with Crippen LogP contribution in [-0.2, 0) is 0 Å². The van der Waals surface area contributed by atoms with E-state index in [4.69, 9.17) is 0 Å². The van der Waals surface area contributed by atoms with E-state index < -0.39 is 0 Å². The van der Waals surface area contributed by atoms with E-state index in [1.165, 1.54) is 24.6 Å². The van der Waals surface area contributed by atoms with Gasteiger partial charge in [0, 0.05) is 24.6 Å². The molecule has 0 amide bonds. The van der Waals surface area contributed by atoms with Crippen LogP contribution >= 0.6 is 24.2 Å². The van der Waals surface area contributed by atoms with Gasteiger partial charge in [0.25, 0.3) is 0 Å². The summed E-state index contributed by atoms with van der Waals surface area (Å²) in [5, 5.41) is 3.49. The fourth-order valence-corrected chi connectivity index (χ4v) is 3.90. The van der Waals surface area contributed by atoms with Crippen LogP contribution in [-0.4, -0.2) is 24.6 Å². The molecule has 1 nitrogen and oxygen atoms in total. The summed E-state index contributed by atoms with van der Waals surface area (Å²) in [7, 11) is 0. The zero-order valence-corrected chi connectivity index (χ0v) is 8.78. The summed E-state index contributed by atoms with van der Waals surface area (Å²) in [5.41, 5.74) is 1.19. The summed E-state index contributed by atoms with van der Waals surface area (Å²) in [5.74, 6) is 2.72. The molecule has 0 aliphatic carbocycles. The topological polar surface area (TPSA) is 12.0 Å². The molecule has 2 heterocycles. The summed E-state index contributed by atoms with van der Waals surface area (Å²) in [6, 6.07) is 0. The van der Waals surface area contributed by atoms with E-state index in [1.807, 2.05) is 0 Å². The van der Waals surface area contributed by atoms with Crippen molar-refractivity contribution in [2.75, 3.05) is 24.6 Å². The normalized spacial score (nSPS) is 48.5. The van der Waals surface area contributed by atoms with Crippen molar-refractivity contribution in [3.8, 4) is 0 Å². The minimum Gasteiger partial charge on any atom is -0.316 e. The molecule has 2 saturated heterocycles. The van der Waals surface area contributed by atoms with Gasteiger partial charge >= 0.3 is 0 Å². The van der Waals surface area contributed by atoms with Crippen LogP contribution in [0.3, 0.4) is 0 Å². The second-order valence-corrected chi connectivity index (χ2v) is 5.20. The molecule has 0 saturated carbocycles. The lowest BCUT2D eigenvalue weighted by atomic mass is 9.71. The number of hydrogen-bond donors (Lipinski definition) is 1. The molecule has 0 aromatic rings. The number of halogens is 1. The Bertz CT molecular complexity index is 134. The first-order valence-electron chi connectivity index (χ1n) is 3.95. The molecule has 2 aliphatic rings. The van der Waals surface area contributed by atoms with Gasteiger partial charge < -0.3 is 5.32 Å². The lowest BCUT2D eigenvalue weighted by Crippen LogP contribution is -2.34. The van der Waals surface area contributed by atoms with E-state index in [-0.39, 0.29) is 12.4 Å². The minimum absolute atomic E-state index is 0. The van der Waals surface area contributed by atoms with Gasteiger partial charge in [0.15, 0.2) is 0 Å². The van der Waals surface area contributed by atoms with Crippen molar-refractivity contribution >= 4 is 24.2 Å². The van der Waals surface area contributed by atoms with Crippen LogP contribution in [0.15, 0.2) is 0 Å². The maximum Gasteiger partial charge on any atom is 0.00193 e. The number of thioether (sulfide) groups is 1. The van der Waals surface area contributed by atoms with Crippen molar-refractivity contribution in [3.63, 3.8) is 0 Å². The fraction of sp³-hybridized carbons (Fsp3) is 1.00. The van der Waals surface area contributed by atoms with Crippen LogP contribution in [0.5, 0.6) is 0 Å². The molecule has 1 N–H and O–H groups in total. The highest BCUT2D eigenvalue weighted by molar-refractivity contribution is 7.99. The molecular formula is C8H16ClNS. The quantitative estimate of drug-likeness (QED) is 0.630. The monoisotopic (exact) mass is 193 g/mol. The predicted molar refractivity (Wildman–Crippen MR) is 53.7 cm³/mol. The molecule has 0 aromatic carbocycles. The third-order valence-corrected chi connectivity index (χ3v) is 5.01. The van der Waals surface area contributed by atoms with Crippen molar-refractivity contribution in [2.45, 2.75) is 13.8 Å². The number of fused-ring (bicyclic) bond motifs is 1. The average molecular weight is 194 g/mol. The lowest BCUT2D eigenvalue weighted by molar-refractivity contribution is 0.212. The molecule has 2 atom stereocenters. The van der Waals surface area contributed by atoms with Gasteiger partial charge in [0.1, 0.15) is 0 Å². The van der Waals surface area contributed by atoms with Crippen molar-refractivity contribution in [3.05, 3.63) is 0 Å². The van der Waals surface area contributed by atoms with E-state index in [0.717, 1.165) is 0 Å². The Hall–Kier alpha value is 0.600. The Kier molecular flexibility index (Phi) is 2.49. The van der Waals surface area contributed by atoms with Gasteiger partial charge in [0.2, 0.25) is 0 Å². The molecule has 0 unspecified atom stereocenters. The molecule has 0 aromatic heterocycles. The predicted octanol–water partition coefficient (Wildman–Crippen LogP) is 1.77. The van der Waals surface area contributed by atoms with Crippen molar-refractivity contribution < 1.29 is 0 Å². The van der Waals surface area contributed by atoms with Crippen LogP contribution in [0.4, 0.5) is 0 Å². The second kappa shape index (κ2) is 2.82. The summed E-state index contributed by atoms with van der Waals surface area (Å²) in [6.45, 7) is 7.31. The standard InChI is InChI=1S/C8H15NS.ClH/c1-7-3-9-4-8(7,2)6-10-5-7;/h9H,3-6H2,1-2H3;1H/t7-,8+;. The Morgan fingerprint density at radius 1 is 1.09 bits per heavy atom. The first kappa shape index (κ1) is 9.69. The molecule has 0 spiro atoms. The zero-order valence-electron chi connectivity index (χ0n) is 7.14. The van der Waals surface area contributed by atoms with Crippen LogP contribution in [0.1, 0.15) is 13.8 Å². The van der Waals surface area contributed by atoms with Gasteiger partial charge in [-0.1, -0.05) is 13.8 Å². The Balaban J connectivity index is 0.000000605. The average Bonchev–Trinajstić information content (AvgIpc) is 2.20. The highest BCUT2D eigenvalue weighted by Crippen LogP contribution is 2.52. The molecule has 2 fully saturated rings. The SMILES string of the molecule is C[C@@]12CNC[C@]1(C)CSC2.Cl. The van der Waals surface area contributed by atoms with Crippen LogP contribution in [0.25, 0.3) is 0 Å². The van der Waals surface area contributed by atoms with E-state index in [2.05, 4.69) is 30.9 Å². The highest BCUT2D eigenvalue weighted by atomic mass is 35.5. The van der Waals surface area contributed by atoms with Crippen molar-refractivity contribution in [1.29, 1.82) is 0 Å². The maximum atomic E-state index is 3.49. The van der Waals surface area contributed by atoms with Crippen molar-refractivity contribution in [2.24, 2.45) is 10.8 Å². The number of nitrogens with one attached hydrogen (secondary N) is 1. The largest absolute Gasteiger partial charge is 0.316 e. The van der Waals surface area contributed by atoms with Gasteiger partial charge in [-0.15, -0.1) is 12.4 Å². The zero-order chi connectivity index (χ0) is 7.24. The molecule has 66 valence electrons. The lowest BCUT2D eigenvalue weighted by Gasteiger charge is -2.31. The van der Waals surface area contributed by atoms with E-state index in [0.29, 0.717) is 10.8 Å². The van der Waals surface area contributed by atoms with Crippen LogP contribution in [0.2, 0.25) is 0 Å². The first-order chi connectivity index (χ1) is 4.66. The smallest absolute Gasteiger partial charge is 0.00193 e. The molecule has 2 rings (SSSR count). The summed E-state index contributed by atoms with van der Waals surface area (Å²) >= 11 is 2.12. The third kappa shape index (κ3) is 1.20. The molecule has 2 aliphatic heterocycles. The van der Waals surface area contributed by atoms with Gasteiger partial charge in [-0.2, -0.15) is 11.8 Å². The Labute approximate surface area is 79.1 Å². The Morgan fingerprint density at radius 3 is 2.00 bits per heavy atom. The van der Waals surface area contributed by atoms with Gasteiger partial charge in [-0.05, 0) is 10.8 Å². The highest BCUT2D eigenvalue weighted by Gasteiger charge is 2.51. The number of hydrogen-bond acceptors (Lipinski definition) is 2. The van der Waals surface area contributed by atoms with E-state index >= 15 is 0 Å².